The molecule has 1 aliphatic heterocycles. The summed E-state index contributed by atoms with van der Waals surface area (Å²) >= 11 is 0. The average Bonchev–Trinajstić information content (AvgIpc) is 3.16. The number of aryl methyl sites for hydroxylation is 1. The maximum Gasteiger partial charge on any atom is 0.573 e. The molecule has 2 N–H and O–H groups in total. The maximum atomic E-state index is 15.0. The van der Waals surface area contributed by atoms with E-state index in [1.54, 1.807) is 4.90 Å². The van der Waals surface area contributed by atoms with Gasteiger partial charge in [0, 0.05) is 47.4 Å². The highest BCUT2D eigenvalue weighted by atomic mass is 19.4. The molecule has 0 bridgehead atoms. The van der Waals surface area contributed by atoms with E-state index in [2.05, 4.69) is 14.7 Å². The summed E-state index contributed by atoms with van der Waals surface area (Å²) in [6, 6.07) is 4.85. The third kappa shape index (κ3) is 4.24. The number of rotatable bonds is 3. The normalized spacial score (nSPS) is 17.2. The van der Waals surface area contributed by atoms with Gasteiger partial charge >= 0.3 is 6.36 Å². The van der Waals surface area contributed by atoms with Crippen LogP contribution in [-0.4, -0.2) is 45.9 Å². The van der Waals surface area contributed by atoms with E-state index < -0.39 is 6.36 Å². The van der Waals surface area contributed by atoms with Crippen LogP contribution in [0.4, 0.5) is 17.6 Å². The van der Waals surface area contributed by atoms with Gasteiger partial charge in [-0.15, -0.1) is 13.2 Å². The second-order valence-corrected chi connectivity index (χ2v) is 8.74. The molecule has 6 nitrogen and oxygen atoms in total. The number of hydrogen-bond acceptors (Lipinski definition) is 4. The first-order valence-corrected chi connectivity index (χ1v) is 11.1. The number of nitrogens with zero attached hydrogens (tertiary/aromatic N) is 2. The number of H-pyrrole nitrogens is 1. The van der Waals surface area contributed by atoms with Crippen molar-refractivity contribution < 1.29 is 27.1 Å². The number of carbonyl (C=O) groups is 1. The van der Waals surface area contributed by atoms with E-state index in [1.807, 2.05) is 0 Å². The lowest BCUT2D eigenvalue weighted by molar-refractivity contribution is -0.274. The molecular weight excluding hydrogens is 452 g/mol. The molecule has 2 aromatic heterocycles. The van der Waals surface area contributed by atoms with E-state index in [1.165, 1.54) is 18.3 Å². The average molecular weight is 474 g/mol. The molecule has 10 heteroatoms. The molecule has 34 heavy (non-hydrogen) atoms. The molecule has 3 aromatic rings. The minimum Gasteiger partial charge on any atom is -0.406 e. The van der Waals surface area contributed by atoms with Crippen LogP contribution < -0.4 is 4.74 Å². The zero-order chi connectivity index (χ0) is 24.0. The summed E-state index contributed by atoms with van der Waals surface area (Å²) in [5.41, 5.74) is 4.13. The number of likely N-dealkylation sites (tertiary alicyclic amines) is 1. The van der Waals surface area contributed by atoms with E-state index in [0.29, 0.717) is 62.1 Å². The van der Waals surface area contributed by atoms with Gasteiger partial charge in [-0.25, -0.2) is 9.37 Å². The summed E-state index contributed by atoms with van der Waals surface area (Å²) in [5, 5.41) is 8.77. The van der Waals surface area contributed by atoms with Crippen molar-refractivity contribution in [2.45, 2.75) is 44.4 Å². The van der Waals surface area contributed by atoms with Gasteiger partial charge in [-0.05, 0) is 61.4 Å². The maximum absolute atomic E-state index is 15.0. The summed E-state index contributed by atoms with van der Waals surface area (Å²) in [6.07, 6.45) is -0.589. The van der Waals surface area contributed by atoms with Crippen molar-refractivity contribution in [2.24, 2.45) is 0 Å². The number of nitrogens with one attached hydrogen (secondary N) is 2. The van der Waals surface area contributed by atoms with E-state index >= 15 is 4.39 Å². The molecule has 5 rings (SSSR count). The minimum atomic E-state index is -4.79. The van der Waals surface area contributed by atoms with Crippen LogP contribution in [0.15, 0.2) is 30.5 Å². The number of aromatic nitrogens is 2. The Morgan fingerprint density at radius 3 is 2.53 bits per heavy atom. The van der Waals surface area contributed by atoms with Crippen LogP contribution in [0.25, 0.3) is 11.0 Å². The fourth-order valence-electron chi connectivity index (χ4n) is 5.03. The van der Waals surface area contributed by atoms with Gasteiger partial charge in [0.1, 0.15) is 17.2 Å². The number of hydrogen-bond donors (Lipinski definition) is 2. The molecule has 0 unspecified atom stereocenters. The molecule has 178 valence electrons. The minimum absolute atomic E-state index is 0.0848. The van der Waals surface area contributed by atoms with Crippen LogP contribution in [0.1, 0.15) is 52.4 Å². The standard InChI is InChI=1S/C24H22F4N4O2/c25-18-12-30-22-21(17-6-3-15(29)11-19(17)31-22)20(18)13-7-9-32(10-8-13)23(33)14-1-4-16(5-2-14)34-24(26,27)28/h1-2,4-5,12-13,29H,3,6-11H2,(H,30,31). The van der Waals surface area contributed by atoms with Crippen molar-refractivity contribution in [3.05, 3.63) is 58.7 Å². The van der Waals surface area contributed by atoms with Gasteiger partial charge in [0.2, 0.25) is 0 Å². The Kier molecular flexibility index (Phi) is 5.53. The summed E-state index contributed by atoms with van der Waals surface area (Å²) in [7, 11) is 0. The second-order valence-electron chi connectivity index (χ2n) is 8.74. The molecule has 1 saturated heterocycles. The molecule has 0 saturated carbocycles. The summed E-state index contributed by atoms with van der Waals surface area (Å²) in [4.78, 5) is 22.0. The molecule has 1 aromatic carbocycles. The number of aromatic amines is 1. The molecule has 0 spiro atoms. The lowest BCUT2D eigenvalue weighted by atomic mass is 9.85. The van der Waals surface area contributed by atoms with Crippen molar-refractivity contribution in [3.63, 3.8) is 0 Å². The van der Waals surface area contributed by atoms with Gasteiger partial charge < -0.3 is 20.0 Å². The van der Waals surface area contributed by atoms with Gasteiger partial charge in [0.05, 0.1) is 6.20 Å². The van der Waals surface area contributed by atoms with Crippen LogP contribution in [0.3, 0.4) is 0 Å². The van der Waals surface area contributed by atoms with Crippen molar-refractivity contribution in [2.75, 3.05) is 13.1 Å². The van der Waals surface area contributed by atoms with Crippen molar-refractivity contribution in [1.29, 1.82) is 5.41 Å². The zero-order valence-corrected chi connectivity index (χ0v) is 18.1. The van der Waals surface area contributed by atoms with Crippen LogP contribution >= 0.6 is 0 Å². The number of benzene rings is 1. The summed E-state index contributed by atoms with van der Waals surface area (Å²) in [5.74, 6) is -1.11. The topological polar surface area (TPSA) is 82.1 Å². The monoisotopic (exact) mass is 474 g/mol. The van der Waals surface area contributed by atoms with Crippen LogP contribution in [0.2, 0.25) is 0 Å². The Morgan fingerprint density at radius 1 is 1.15 bits per heavy atom. The first-order valence-electron chi connectivity index (χ1n) is 11.1. The molecule has 2 aliphatic rings. The fourth-order valence-corrected chi connectivity index (χ4v) is 5.03. The fraction of sp³-hybridized carbons (Fsp3) is 0.375. The SMILES string of the molecule is N=C1CCc2c([nH]c3ncc(F)c(C4CCN(C(=O)c5ccc(OC(F)(F)F)cc5)CC4)c23)C1. The first kappa shape index (κ1) is 22.4. The van der Waals surface area contributed by atoms with Gasteiger partial charge in [-0.3, -0.25) is 4.79 Å². The third-order valence-corrected chi connectivity index (χ3v) is 6.60. The Labute approximate surface area is 192 Å². The number of piperidine rings is 1. The van der Waals surface area contributed by atoms with Crippen molar-refractivity contribution in [3.8, 4) is 5.75 Å². The second kappa shape index (κ2) is 8.41. The third-order valence-electron chi connectivity index (χ3n) is 6.60. The molecule has 1 aliphatic carbocycles. The van der Waals surface area contributed by atoms with Gasteiger partial charge in [-0.2, -0.15) is 0 Å². The highest BCUT2D eigenvalue weighted by Gasteiger charge is 2.32. The number of pyridine rings is 1. The molecule has 1 amide bonds. The molecule has 0 radical (unpaired) electrons. The number of fused-ring (bicyclic) bond motifs is 3. The van der Waals surface area contributed by atoms with Crippen LogP contribution in [0.5, 0.6) is 5.75 Å². The van der Waals surface area contributed by atoms with Crippen molar-refractivity contribution in [1.82, 2.24) is 14.9 Å². The predicted octanol–water partition coefficient (Wildman–Crippen LogP) is 5.13. The molecule has 0 atom stereocenters. The Morgan fingerprint density at radius 2 is 1.85 bits per heavy atom. The smallest absolute Gasteiger partial charge is 0.406 e. The highest BCUT2D eigenvalue weighted by Crippen LogP contribution is 2.38. The number of ether oxygens (including phenoxy) is 1. The quantitative estimate of drug-likeness (QED) is 0.517. The summed E-state index contributed by atoms with van der Waals surface area (Å²) in [6.45, 7) is 0.815. The van der Waals surface area contributed by atoms with Gasteiger partial charge in [0.25, 0.3) is 5.91 Å². The molecule has 1 fully saturated rings. The number of halogens is 4. The Hall–Kier alpha value is -3.43. The summed E-state index contributed by atoms with van der Waals surface area (Å²) < 4.78 is 55.9. The lowest BCUT2D eigenvalue weighted by Crippen LogP contribution is -2.38. The number of alkyl halides is 3. The Balaban J connectivity index is 1.32. The predicted molar refractivity (Wildman–Crippen MR) is 117 cm³/mol. The van der Waals surface area contributed by atoms with Crippen molar-refractivity contribution >= 4 is 22.7 Å². The van der Waals surface area contributed by atoms with E-state index in [-0.39, 0.29) is 29.0 Å². The zero-order valence-electron chi connectivity index (χ0n) is 18.1. The number of amides is 1. The van der Waals surface area contributed by atoms with Gasteiger partial charge in [-0.1, -0.05) is 0 Å². The lowest BCUT2D eigenvalue weighted by Gasteiger charge is -2.33. The highest BCUT2D eigenvalue weighted by molar-refractivity contribution is 5.95. The molecular formula is C24H22F4N4O2. The van der Waals surface area contributed by atoms with E-state index in [0.717, 1.165) is 28.8 Å². The Bertz CT molecular complexity index is 1260. The van der Waals surface area contributed by atoms with Crippen LogP contribution in [-0.2, 0) is 12.8 Å². The van der Waals surface area contributed by atoms with Gasteiger partial charge in [0.15, 0.2) is 0 Å². The van der Waals surface area contributed by atoms with E-state index in [4.69, 9.17) is 5.41 Å². The van der Waals surface area contributed by atoms with Crippen LogP contribution in [0, 0.1) is 11.2 Å². The number of carbonyl (C=O) groups excluding carboxylic acids is 1. The van der Waals surface area contributed by atoms with E-state index in [9.17, 15) is 18.0 Å². The first-order chi connectivity index (χ1) is 16.2. The largest absolute Gasteiger partial charge is 0.573 e. The molecule has 3 heterocycles.